The highest BCUT2D eigenvalue weighted by molar-refractivity contribution is 7.80. The first-order valence-corrected chi connectivity index (χ1v) is 13.5. The number of hydrogen-bond acceptors (Lipinski definition) is 17. The quantitative estimate of drug-likeness (QED) is 0.109. The van der Waals surface area contributed by atoms with Gasteiger partial charge in [0, 0.05) is 6.92 Å². The molecule has 2 unspecified atom stereocenters. The number of nitrogens with one attached hydrogen (secondary N) is 1. The fourth-order valence-electron chi connectivity index (χ4n) is 4.64. The number of amides is 1. The molecule has 40 heavy (non-hydrogen) atoms. The predicted octanol–water partition coefficient (Wildman–Crippen LogP) is -6.57. The highest BCUT2D eigenvalue weighted by Crippen LogP contribution is 2.33. The average molecular weight is 610 g/mol. The fraction of sp³-hybridized carbons (Fsp3) is 0.950. The van der Waals surface area contributed by atoms with Crippen molar-refractivity contribution in [3.8, 4) is 0 Å². The molecule has 19 nitrogen and oxygen atoms in total. The van der Waals surface area contributed by atoms with Crippen molar-refractivity contribution in [1.29, 1.82) is 0 Å². The number of carbonyl (C=O) groups excluding carboxylic acids is 1. The molecular weight excluding hydrogens is 574 g/mol. The van der Waals surface area contributed by atoms with Gasteiger partial charge in [0.05, 0.1) is 19.3 Å². The Morgan fingerprint density at radius 3 is 1.90 bits per heavy atom. The molecule has 3 aliphatic heterocycles. The smallest absolute Gasteiger partial charge is 0.394 e. The molecule has 3 heterocycles. The molecule has 0 aromatic carbocycles. The third-order valence-corrected chi connectivity index (χ3v) is 7.13. The van der Waals surface area contributed by atoms with E-state index in [1.54, 1.807) is 0 Å². The molecule has 0 spiro atoms. The van der Waals surface area contributed by atoms with Crippen molar-refractivity contribution in [2.24, 2.45) is 0 Å². The van der Waals surface area contributed by atoms with E-state index in [9.17, 15) is 54.1 Å². The van der Waals surface area contributed by atoms with E-state index < -0.39 is 122 Å². The normalized spacial score (nSPS) is 46.6. The predicted molar refractivity (Wildman–Crippen MR) is 122 cm³/mol. The van der Waals surface area contributed by atoms with Crippen molar-refractivity contribution >= 4 is 16.3 Å². The van der Waals surface area contributed by atoms with Crippen LogP contribution in [0.2, 0.25) is 0 Å². The largest absolute Gasteiger partial charge is 0.397 e. The summed E-state index contributed by atoms with van der Waals surface area (Å²) in [5, 5.41) is 84.0. The molecule has 15 atom stereocenters. The van der Waals surface area contributed by atoms with E-state index in [0.29, 0.717) is 0 Å². The lowest BCUT2D eigenvalue weighted by Gasteiger charge is -2.49. The summed E-state index contributed by atoms with van der Waals surface area (Å²) in [6.45, 7) is 0.591. The average Bonchev–Trinajstić information content (AvgIpc) is 2.87. The van der Waals surface area contributed by atoms with Crippen LogP contribution in [0.5, 0.6) is 0 Å². The highest BCUT2D eigenvalue weighted by Gasteiger charge is 2.55. The molecule has 0 aromatic heterocycles. The summed E-state index contributed by atoms with van der Waals surface area (Å²) in [6, 6.07) is -1.52. The minimum atomic E-state index is -5.24. The van der Waals surface area contributed by atoms with Crippen LogP contribution in [0.4, 0.5) is 0 Å². The van der Waals surface area contributed by atoms with Gasteiger partial charge in [0.15, 0.2) is 18.9 Å². The SMILES string of the molecule is CC(=O)N[C@H]1C(O)O[C@H](CO)[C@@H](O[C@@H]2O[C@H](CO)[C@H](O)[C@H](OS(=O)(=O)O)[C@H]2O)[C@@H]1OC1O[C@@H](C)[C@@H](O)[C@@H](O)[C@@H]1O. The molecule has 10 N–H and O–H groups in total. The summed E-state index contributed by atoms with van der Waals surface area (Å²) >= 11 is 0. The maximum absolute atomic E-state index is 11.9. The van der Waals surface area contributed by atoms with Crippen molar-refractivity contribution in [3.63, 3.8) is 0 Å². The molecule has 3 saturated heterocycles. The Morgan fingerprint density at radius 2 is 1.35 bits per heavy atom. The van der Waals surface area contributed by atoms with Crippen LogP contribution in [0.25, 0.3) is 0 Å². The Kier molecular flexibility index (Phi) is 11.2. The van der Waals surface area contributed by atoms with E-state index in [1.807, 2.05) is 0 Å². The van der Waals surface area contributed by atoms with E-state index in [0.717, 1.165) is 6.92 Å². The first kappa shape index (κ1) is 33.3. The maximum Gasteiger partial charge on any atom is 0.397 e. The van der Waals surface area contributed by atoms with Gasteiger partial charge in [-0.15, -0.1) is 0 Å². The van der Waals surface area contributed by atoms with Crippen molar-refractivity contribution in [3.05, 3.63) is 0 Å². The molecule has 0 bridgehead atoms. The Morgan fingerprint density at radius 1 is 0.775 bits per heavy atom. The molecule has 234 valence electrons. The fourth-order valence-corrected chi connectivity index (χ4v) is 5.15. The van der Waals surface area contributed by atoms with Gasteiger partial charge in [-0.3, -0.25) is 9.35 Å². The molecule has 0 saturated carbocycles. The number of carbonyl (C=O) groups is 1. The van der Waals surface area contributed by atoms with Crippen molar-refractivity contribution < 1.29 is 86.5 Å². The maximum atomic E-state index is 11.9. The molecule has 0 aromatic rings. The zero-order valence-corrected chi connectivity index (χ0v) is 22.0. The van der Waals surface area contributed by atoms with E-state index in [2.05, 4.69) is 9.50 Å². The standard InChI is InChI=1S/C20H35NO18S/c1-5-10(25)12(27)13(28)19(34-5)38-16-9(21-6(2)24)18(30)35-8(4-23)15(16)37-20-14(29)17(39-40(31,32)33)11(26)7(3-22)36-20/h5,7-20,22-23,25-30H,3-4H2,1-2H3,(H,21,24)(H,31,32,33)/t5-,7+,8+,9+,10+,11-,12+,13-,14+,15+,16+,17-,18?,19?,20-/m0/s1. The Labute approximate surface area is 227 Å². The first-order chi connectivity index (χ1) is 18.6. The Balaban J connectivity index is 1.97. The van der Waals surface area contributed by atoms with Crippen LogP contribution in [0.3, 0.4) is 0 Å². The molecule has 3 fully saturated rings. The van der Waals surface area contributed by atoms with E-state index >= 15 is 0 Å². The van der Waals surface area contributed by atoms with Crippen LogP contribution in [0.1, 0.15) is 13.8 Å². The van der Waals surface area contributed by atoms with E-state index in [1.165, 1.54) is 6.92 Å². The minimum Gasteiger partial charge on any atom is -0.394 e. The second kappa shape index (κ2) is 13.4. The van der Waals surface area contributed by atoms with Crippen LogP contribution in [-0.2, 0) is 43.1 Å². The van der Waals surface area contributed by atoms with Crippen LogP contribution >= 0.6 is 0 Å². The molecule has 0 aliphatic carbocycles. The molecule has 3 aliphatic rings. The lowest BCUT2D eigenvalue weighted by atomic mass is 9.94. The van der Waals surface area contributed by atoms with Gasteiger partial charge in [-0.2, -0.15) is 8.42 Å². The van der Waals surface area contributed by atoms with Gasteiger partial charge in [-0.05, 0) is 6.92 Å². The molecule has 20 heteroatoms. The third-order valence-electron chi connectivity index (χ3n) is 6.66. The van der Waals surface area contributed by atoms with Crippen molar-refractivity contribution in [2.75, 3.05) is 13.2 Å². The molecule has 3 rings (SSSR count). The summed E-state index contributed by atoms with van der Waals surface area (Å²) < 4.78 is 63.6. The number of aliphatic hydroxyl groups is 8. The first-order valence-electron chi connectivity index (χ1n) is 12.1. The summed E-state index contributed by atoms with van der Waals surface area (Å²) in [5.41, 5.74) is 0. The number of ether oxygens (including phenoxy) is 5. The monoisotopic (exact) mass is 609 g/mol. The van der Waals surface area contributed by atoms with Gasteiger partial charge in [-0.1, -0.05) is 0 Å². The second-order valence-corrected chi connectivity index (χ2v) is 10.6. The van der Waals surface area contributed by atoms with Crippen molar-refractivity contribution in [1.82, 2.24) is 5.32 Å². The molecule has 0 radical (unpaired) electrons. The second-order valence-electron chi connectivity index (χ2n) is 9.55. The van der Waals surface area contributed by atoms with Gasteiger partial charge in [0.2, 0.25) is 5.91 Å². The van der Waals surface area contributed by atoms with Gasteiger partial charge < -0.3 is 69.9 Å². The van der Waals surface area contributed by atoms with E-state index in [4.69, 9.17) is 28.2 Å². The zero-order valence-electron chi connectivity index (χ0n) is 21.2. The minimum absolute atomic E-state index is 0.713. The highest BCUT2D eigenvalue weighted by atomic mass is 32.3. The Bertz CT molecular complexity index is 956. The molecule has 1 amide bonds. The van der Waals surface area contributed by atoms with Crippen molar-refractivity contribution in [2.45, 2.75) is 106 Å². The Hall–Kier alpha value is -1.18. The van der Waals surface area contributed by atoms with Crippen LogP contribution in [-0.4, -0.2) is 165 Å². The lowest BCUT2D eigenvalue weighted by Crippen LogP contribution is -2.69. The van der Waals surface area contributed by atoms with Crippen LogP contribution in [0.15, 0.2) is 0 Å². The van der Waals surface area contributed by atoms with Crippen LogP contribution in [0, 0.1) is 0 Å². The number of aliphatic hydroxyl groups excluding tert-OH is 8. The van der Waals surface area contributed by atoms with Gasteiger partial charge in [-0.25, -0.2) is 4.18 Å². The molecular formula is C20H35NO18S. The zero-order chi connectivity index (χ0) is 30.1. The summed E-state index contributed by atoms with van der Waals surface area (Å²) in [4.78, 5) is 11.9. The summed E-state index contributed by atoms with van der Waals surface area (Å²) in [6.07, 6.45) is -24.5. The summed E-state index contributed by atoms with van der Waals surface area (Å²) in [7, 11) is -5.24. The van der Waals surface area contributed by atoms with Gasteiger partial charge in [0.25, 0.3) is 0 Å². The van der Waals surface area contributed by atoms with E-state index in [-0.39, 0.29) is 0 Å². The topological polar surface area (TPSA) is 301 Å². The van der Waals surface area contributed by atoms with Gasteiger partial charge in [0.1, 0.15) is 67.1 Å². The lowest BCUT2D eigenvalue weighted by molar-refractivity contribution is -0.369. The number of rotatable bonds is 9. The van der Waals surface area contributed by atoms with Gasteiger partial charge >= 0.3 is 10.4 Å². The number of hydrogen-bond donors (Lipinski definition) is 10. The summed E-state index contributed by atoms with van der Waals surface area (Å²) in [5.74, 6) is -0.713. The third kappa shape index (κ3) is 7.42. The van der Waals surface area contributed by atoms with Crippen LogP contribution < -0.4 is 5.32 Å².